The highest BCUT2D eigenvalue weighted by molar-refractivity contribution is 5.70. The van der Waals surface area contributed by atoms with Gasteiger partial charge in [0.15, 0.2) is 0 Å². The fourth-order valence-corrected chi connectivity index (χ4v) is 2.76. The minimum atomic E-state index is 0.0482. The van der Waals surface area contributed by atoms with Crippen LogP contribution in [0.25, 0.3) is 12.2 Å². The largest absolute Gasteiger partial charge is 0.264 e. The molecule has 0 amide bonds. The number of hydrogen-bond acceptors (Lipinski definition) is 1. The van der Waals surface area contributed by atoms with Crippen LogP contribution in [0.2, 0.25) is 0 Å². The van der Waals surface area contributed by atoms with Crippen LogP contribution in [0, 0.1) is 0 Å². The van der Waals surface area contributed by atoms with Crippen LogP contribution in [0.1, 0.15) is 57.0 Å². The highest BCUT2D eigenvalue weighted by Gasteiger charge is 2.33. The summed E-state index contributed by atoms with van der Waals surface area (Å²) >= 11 is 0. The quantitative estimate of drug-likeness (QED) is 0.707. The summed E-state index contributed by atoms with van der Waals surface area (Å²) in [6, 6.07) is 10.9. The molecule has 1 aromatic heterocycles. The van der Waals surface area contributed by atoms with Gasteiger partial charge in [0.05, 0.1) is 11.7 Å². The van der Waals surface area contributed by atoms with E-state index in [-0.39, 0.29) is 5.41 Å². The molecule has 1 heterocycles. The molecule has 1 aliphatic carbocycles. The molecule has 1 aliphatic rings. The van der Waals surface area contributed by atoms with E-state index in [1.165, 1.54) is 22.4 Å². The van der Waals surface area contributed by atoms with Crippen LogP contribution in [-0.4, -0.2) is 9.78 Å². The van der Waals surface area contributed by atoms with Gasteiger partial charge in [-0.3, -0.25) is 4.68 Å². The van der Waals surface area contributed by atoms with E-state index in [0.29, 0.717) is 6.04 Å². The summed E-state index contributed by atoms with van der Waals surface area (Å²) in [5, 5.41) is 4.88. The number of nitrogens with zero attached hydrogens (tertiary/aromatic N) is 2. The van der Waals surface area contributed by atoms with Crippen LogP contribution in [-0.2, 0) is 5.41 Å². The molecule has 1 fully saturated rings. The van der Waals surface area contributed by atoms with Crippen LogP contribution in [0.5, 0.6) is 0 Å². The molecular weight excluding hydrogens is 268 g/mol. The first-order valence-electron chi connectivity index (χ1n) is 7.97. The SMILES string of the molecule is C/C=C1\CC1n1cc(/C=C/c2ccccc2)c(C(C)(C)C)n1. The van der Waals surface area contributed by atoms with Crippen LogP contribution in [0.15, 0.2) is 48.2 Å². The maximum absolute atomic E-state index is 4.88. The maximum Gasteiger partial charge on any atom is 0.0767 e. The van der Waals surface area contributed by atoms with E-state index in [9.17, 15) is 0 Å². The lowest BCUT2D eigenvalue weighted by molar-refractivity contribution is 0.539. The fraction of sp³-hybridized carbons (Fsp3) is 0.350. The number of allylic oxidation sites excluding steroid dienone is 2. The second-order valence-corrected chi connectivity index (χ2v) is 6.99. The van der Waals surface area contributed by atoms with Gasteiger partial charge >= 0.3 is 0 Å². The highest BCUT2D eigenvalue weighted by atomic mass is 15.3. The lowest BCUT2D eigenvalue weighted by atomic mass is 9.89. The Bertz CT molecular complexity index is 712. The molecule has 0 spiro atoms. The van der Waals surface area contributed by atoms with Crippen molar-refractivity contribution in [3.05, 3.63) is 65.0 Å². The molecule has 0 saturated heterocycles. The molecule has 0 bridgehead atoms. The molecule has 114 valence electrons. The monoisotopic (exact) mass is 292 g/mol. The van der Waals surface area contributed by atoms with Crippen molar-refractivity contribution in [1.82, 2.24) is 9.78 Å². The normalized spacial score (nSPS) is 20.0. The zero-order chi connectivity index (χ0) is 15.7. The molecule has 2 nitrogen and oxygen atoms in total. The van der Waals surface area contributed by atoms with Crippen molar-refractivity contribution < 1.29 is 0 Å². The maximum atomic E-state index is 4.88. The Balaban J connectivity index is 1.94. The number of aromatic nitrogens is 2. The van der Waals surface area contributed by atoms with Gasteiger partial charge in [0.2, 0.25) is 0 Å². The molecule has 0 N–H and O–H groups in total. The number of benzene rings is 1. The summed E-state index contributed by atoms with van der Waals surface area (Å²) in [5.41, 5.74) is 5.14. The topological polar surface area (TPSA) is 17.8 Å². The average molecular weight is 292 g/mol. The molecule has 0 radical (unpaired) electrons. The van der Waals surface area contributed by atoms with E-state index in [2.05, 4.69) is 81.1 Å². The third kappa shape index (κ3) is 3.06. The van der Waals surface area contributed by atoms with E-state index < -0.39 is 0 Å². The second-order valence-electron chi connectivity index (χ2n) is 6.99. The molecule has 1 aromatic carbocycles. The van der Waals surface area contributed by atoms with Gasteiger partial charge in [0.1, 0.15) is 0 Å². The minimum Gasteiger partial charge on any atom is -0.264 e. The van der Waals surface area contributed by atoms with Crippen molar-refractivity contribution in [1.29, 1.82) is 0 Å². The Morgan fingerprint density at radius 1 is 1.14 bits per heavy atom. The van der Waals surface area contributed by atoms with Gasteiger partial charge in [-0.2, -0.15) is 5.10 Å². The van der Waals surface area contributed by atoms with Crippen molar-refractivity contribution in [3.8, 4) is 0 Å². The number of hydrogen-bond donors (Lipinski definition) is 0. The van der Waals surface area contributed by atoms with Crippen LogP contribution < -0.4 is 0 Å². The third-order valence-electron chi connectivity index (χ3n) is 4.11. The summed E-state index contributed by atoms with van der Waals surface area (Å²) in [5.74, 6) is 0. The molecule has 1 saturated carbocycles. The van der Waals surface area contributed by atoms with Gasteiger partial charge < -0.3 is 0 Å². The second kappa shape index (κ2) is 5.60. The molecule has 2 aromatic rings. The minimum absolute atomic E-state index is 0.0482. The van der Waals surface area contributed by atoms with Crippen molar-refractivity contribution in [2.24, 2.45) is 0 Å². The Morgan fingerprint density at radius 2 is 1.86 bits per heavy atom. The molecule has 22 heavy (non-hydrogen) atoms. The Kier molecular flexibility index (Phi) is 3.78. The number of rotatable bonds is 3. The fourth-order valence-electron chi connectivity index (χ4n) is 2.76. The van der Waals surface area contributed by atoms with E-state index in [1.807, 2.05) is 6.07 Å². The van der Waals surface area contributed by atoms with Gasteiger partial charge in [0, 0.05) is 17.2 Å². The van der Waals surface area contributed by atoms with Gasteiger partial charge in [-0.25, -0.2) is 0 Å². The van der Waals surface area contributed by atoms with Gasteiger partial charge in [-0.05, 0) is 24.5 Å². The van der Waals surface area contributed by atoms with E-state index in [0.717, 1.165) is 6.42 Å². The summed E-state index contributed by atoms with van der Waals surface area (Å²) in [4.78, 5) is 0. The Morgan fingerprint density at radius 3 is 2.45 bits per heavy atom. The first-order valence-corrected chi connectivity index (χ1v) is 7.97. The van der Waals surface area contributed by atoms with Crippen molar-refractivity contribution in [2.45, 2.75) is 45.6 Å². The van der Waals surface area contributed by atoms with Crippen LogP contribution in [0.3, 0.4) is 0 Å². The zero-order valence-electron chi connectivity index (χ0n) is 13.9. The third-order valence-corrected chi connectivity index (χ3v) is 4.11. The van der Waals surface area contributed by atoms with Crippen molar-refractivity contribution in [3.63, 3.8) is 0 Å². The summed E-state index contributed by atoms with van der Waals surface area (Å²) < 4.78 is 2.14. The summed E-state index contributed by atoms with van der Waals surface area (Å²) in [7, 11) is 0. The average Bonchev–Trinajstić information content (AvgIpc) is 3.15. The molecule has 0 aliphatic heterocycles. The van der Waals surface area contributed by atoms with Gasteiger partial charge in [0.25, 0.3) is 0 Å². The smallest absolute Gasteiger partial charge is 0.0767 e. The predicted molar refractivity (Wildman–Crippen MR) is 93.7 cm³/mol. The Labute approximate surface area is 133 Å². The van der Waals surface area contributed by atoms with E-state index in [1.54, 1.807) is 0 Å². The highest BCUT2D eigenvalue weighted by Crippen LogP contribution is 2.43. The van der Waals surface area contributed by atoms with Crippen molar-refractivity contribution in [2.75, 3.05) is 0 Å². The molecular formula is C20H24N2. The standard InChI is InChI=1S/C20H24N2/c1-5-16-13-18(16)22-14-17(19(21-22)20(2,3)4)12-11-15-9-7-6-8-10-15/h5-12,14,18H,13H2,1-4H3/b12-11+,16-5+. The summed E-state index contributed by atoms with van der Waals surface area (Å²) in [6.45, 7) is 8.79. The van der Waals surface area contributed by atoms with Crippen LogP contribution >= 0.6 is 0 Å². The lowest BCUT2D eigenvalue weighted by Crippen LogP contribution is -2.14. The zero-order valence-corrected chi connectivity index (χ0v) is 13.9. The Hall–Kier alpha value is -2.09. The van der Waals surface area contributed by atoms with E-state index >= 15 is 0 Å². The molecule has 2 heteroatoms. The van der Waals surface area contributed by atoms with Crippen molar-refractivity contribution >= 4 is 12.2 Å². The molecule has 1 atom stereocenters. The molecule has 3 rings (SSSR count). The molecule has 1 unspecified atom stereocenters. The first kappa shape index (κ1) is 14.8. The summed E-state index contributed by atoms with van der Waals surface area (Å²) in [6.07, 6.45) is 9.91. The first-order chi connectivity index (χ1) is 10.5. The van der Waals surface area contributed by atoms with Gasteiger partial charge in [-0.15, -0.1) is 0 Å². The lowest BCUT2D eigenvalue weighted by Gasteiger charge is -2.16. The van der Waals surface area contributed by atoms with Crippen LogP contribution in [0.4, 0.5) is 0 Å². The predicted octanol–water partition coefficient (Wildman–Crippen LogP) is 5.24. The van der Waals surface area contributed by atoms with E-state index in [4.69, 9.17) is 5.10 Å². The van der Waals surface area contributed by atoms with Gasteiger partial charge in [-0.1, -0.05) is 69.3 Å².